The molecule has 14 heavy (non-hydrogen) atoms. The van der Waals surface area contributed by atoms with Crippen molar-refractivity contribution in [3.8, 4) is 0 Å². The Kier molecular flexibility index (Phi) is 2.37. The van der Waals surface area contributed by atoms with Crippen molar-refractivity contribution in [2.75, 3.05) is 0 Å². The van der Waals surface area contributed by atoms with E-state index in [2.05, 4.69) is 0 Å². The Morgan fingerprint density at radius 2 is 1.86 bits per heavy atom. The summed E-state index contributed by atoms with van der Waals surface area (Å²) >= 11 is 0. The molecular weight excluding hydrogens is 176 g/mol. The summed E-state index contributed by atoms with van der Waals surface area (Å²) < 4.78 is 5.13. The van der Waals surface area contributed by atoms with Crippen molar-refractivity contribution in [1.82, 2.24) is 0 Å². The summed E-state index contributed by atoms with van der Waals surface area (Å²) in [6.07, 6.45) is 0.901. The molecule has 72 valence electrons. The van der Waals surface area contributed by atoms with E-state index in [9.17, 15) is 5.11 Å². The van der Waals surface area contributed by atoms with Gasteiger partial charge in [0, 0.05) is 0 Å². The van der Waals surface area contributed by atoms with Crippen molar-refractivity contribution in [2.24, 2.45) is 0 Å². The lowest BCUT2D eigenvalue weighted by Crippen LogP contribution is -1.97. The molecule has 1 N–H and O–H groups in total. The second-order valence-electron chi connectivity index (χ2n) is 3.33. The lowest BCUT2D eigenvalue weighted by atomic mass is 10.1. The predicted molar refractivity (Wildman–Crippen MR) is 53.9 cm³/mol. The van der Waals surface area contributed by atoms with Crippen LogP contribution in [0.1, 0.15) is 23.0 Å². The number of aryl methyl sites for hydroxylation is 1. The maximum absolute atomic E-state index is 9.88. The molecule has 0 saturated carbocycles. The van der Waals surface area contributed by atoms with Gasteiger partial charge in [0.05, 0.1) is 6.26 Å². The molecule has 0 aliphatic heterocycles. The van der Waals surface area contributed by atoms with Crippen molar-refractivity contribution in [3.05, 3.63) is 59.5 Å². The van der Waals surface area contributed by atoms with Crippen LogP contribution in [0.5, 0.6) is 0 Å². The Bertz CT molecular complexity index is 387. The van der Waals surface area contributed by atoms with E-state index in [-0.39, 0.29) is 0 Å². The number of benzene rings is 1. The Morgan fingerprint density at radius 3 is 2.43 bits per heavy atom. The Morgan fingerprint density at radius 1 is 1.14 bits per heavy atom. The van der Waals surface area contributed by atoms with Gasteiger partial charge in [0.15, 0.2) is 0 Å². The molecule has 1 atom stereocenters. The summed E-state index contributed by atoms with van der Waals surface area (Å²) in [5, 5.41) is 9.88. The Hall–Kier alpha value is -1.54. The van der Waals surface area contributed by atoms with E-state index in [1.807, 2.05) is 31.2 Å². The second-order valence-corrected chi connectivity index (χ2v) is 3.33. The van der Waals surface area contributed by atoms with Gasteiger partial charge in [-0.2, -0.15) is 0 Å². The van der Waals surface area contributed by atoms with Crippen LogP contribution >= 0.6 is 0 Å². The van der Waals surface area contributed by atoms with Crippen LogP contribution in [0.4, 0.5) is 0 Å². The minimum absolute atomic E-state index is 0.578. The summed E-state index contributed by atoms with van der Waals surface area (Å²) in [6.45, 7) is 2.02. The fourth-order valence-electron chi connectivity index (χ4n) is 1.36. The molecule has 0 aliphatic rings. The van der Waals surface area contributed by atoms with Crippen molar-refractivity contribution in [3.63, 3.8) is 0 Å². The standard InChI is InChI=1S/C12H12O2/c1-9-4-6-10(7-5-9)12(13)11-3-2-8-14-11/h2-8,12-13H,1H3/t12-/m1/s1. The molecule has 1 aromatic carbocycles. The molecule has 0 amide bonds. The highest BCUT2D eigenvalue weighted by atomic mass is 16.4. The molecule has 2 rings (SSSR count). The number of hydrogen-bond donors (Lipinski definition) is 1. The molecule has 1 aromatic heterocycles. The van der Waals surface area contributed by atoms with E-state index >= 15 is 0 Å². The van der Waals surface area contributed by atoms with Crippen LogP contribution in [0.25, 0.3) is 0 Å². The highest BCUT2D eigenvalue weighted by Crippen LogP contribution is 2.22. The van der Waals surface area contributed by atoms with Crippen LogP contribution in [0.2, 0.25) is 0 Å². The third-order valence-corrected chi connectivity index (χ3v) is 2.21. The topological polar surface area (TPSA) is 33.4 Å². The maximum Gasteiger partial charge on any atom is 0.137 e. The zero-order valence-corrected chi connectivity index (χ0v) is 7.97. The first-order chi connectivity index (χ1) is 6.77. The third kappa shape index (κ3) is 1.70. The second kappa shape index (κ2) is 3.68. The zero-order chi connectivity index (χ0) is 9.97. The van der Waals surface area contributed by atoms with E-state index in [0.29, 0.717) is 5.76 Å². The van der Waals surface area contributed by atoms with Crippen molar-refractivity contribution in [2.45, 2.75) is 13.0 Å². The Balaban J connectivity index is 2.28. The van der Waals surface area contributed by atoms with Gasteiger partial charge in [-0.05, 0) is 24.6 Å². The first-order valence-corrected chi connectivity index (χ1v) is 4.55. The Labute approximate surface area is 82.8 Å². The summed E-state index contributed by atoms with van der Waals surface area (Å²) in [6, 6.07) is 11.3. The minimum atomic E-state index is -0.661. The summed E-state index contributed by atoms with van der Waals surface area (Å²) in [4.78, 5) is 0. The predicted octanol–water partition coefficient (Wildman–Crippen LogP) is 2.67. The van der Waals surface area contributed by atoms with E-state index in [1.165, 1.54) is 5.56 Å². The van der Waals surface area contributed by atoms with Crippen LogP contribution in [-0.4, -0.2) is 5.11 Å². The van der Waals surface area contributed by atoms with Crippen molar-refractivity contribution >= 4 is 0 Å². The molecule has 0 aliphatic carbocycles. The largest absolute Gasteiger partial charge is 0.466 e. The summed E-state index contributed by atoms with van der Waals surface area (Å²) in [5.74, 6) is 0.578. The van der Waals surface area contributed by atoms with Crippen molar-refractivity contribution in [1.29, 1.82) is 0 Å². The molecule has 0 unspecified atom stereocenters. The molecule has 0 saturated heterocycles. The van der Waals surface area contributed by atoms with Crippen LogP contribution in [0, 0.1) is 6.92 Å². The molecule has 2 nitrogen and oxygen atoms in total. The van der Waals surface area contributed by atoms with E-state index < -0.39 is 6.10 Å². The fourth-order valence-corrected chi connectivity index (χ4v) is 1.36. The van der Waals surface area contributed by atoms with E-state index in [0.717, 1.165) is 5.56 Å². The lowest BCUT2D eigenvalue weighted by Gasteiger charge is -2.07. The van der Waals surface area contributed by atoms with Gasteiger partial charge >= 0.3 is 0 Å². The molecule has 0 radical (unpaired) electrons. The van der Waals surface area contributed by atoms with Crippen LogP contribution in [-0.2, 0) is 0 Å². The van der Waals surface area contributed by atoms with Crippen LogP contribution < -0.4 is 0 Å². The van der Waals surface area contributed by atoms with E-state index in [1.54, 1.807) is 18.4 Å². The summed E-state index contributed by atoms with van der Waals surface area (Å²) in [7, 11) is 0. The van der Waals surface area contributed by atoms with Gasteiger partial charge < -0.3 is 9.52 Å². The zero-order valence-electron chi connectivity index (χ0n) is 7.97. The van der Waals surface area contributed by atoms with Gasteiger partial charge in [0.25, 0.3) is 0 Å². The first kappa shape index (κ1) is 9.03. The molecular formula is C12H12O2. The minimum Gasteiger partial charge on any atom is -0.466 e. The number of rotatable bonds is 2. The summed E-state index contributed by atoms with van der Waals surface area (Å²) in [5.41, 5.74) is 2.03. The van der Waals surface area contributed by atoms with Crippen LogP contribution in [0.15, 0.2) is 47.1 Å². The maximum atomic E-state index is 9.88. The molecule has 2 aromatic rings. The number of hydrogen-bond acceptors (Lipinski definition) is 2. The number of furan rings is 1. The average Bonchev–Trinajstić information content (AvgIpc) is 2.71. The molecule has 2 heteroatoms. The van der Waals surface area contributed by atoms with Gasteiger partial charge in [0.1, 0.15) is 11.9 Å². The van der Waals surface area contributed by atoms with Gasteiger partial charge in [-0.25, -0.2) is 0 Å². The average molecular weight is 188 g/mol. The lowest BCUT2D eigenvalue weighted by molar-refractivity contribution is 0.189. The van der Waals surface area contributed by atoms with Crippen LogP contribution in [0.3, 0.4) is 0 Å². The highest BCUT2D eigenvalue weighted by molar-refractivity contribution is 5.27. The normalized spacial score (nSPS) is 12.7. The molecule has 1 heterocycles. The number of aliphatic hydroxyl groups is 1. The third-order valence-electron chi connectivity index (χ3n) is 2.21. The first-order valence-electron chi connectivity index (χ1n) is 4.55. The SMILES string of the molecule is Cc1ccc([C@@H](O)c2ccco2)cc1. The number of aliphatic hydroxyl groups excluding tert-OH is 1. The van der Waals surface area contributed by atoms with Gasteiger partial charge in [-0.15, -0.1) is 0 Å². The monoisotopic (exact) mass is 188 g/mol. The molecule has 0 bridgehead atoms. The van der Waals surface area contributed by atoms with E-state index in [4.69, 9.17) is 4.42 Å². The fraction of sp³-hybridized carbons (Fsp3) is 0.167. The van der Waals surface area contributed by atoms with Crippen molar-refractivity contribution < 1.29 is 9.52 Å². The van der Waals surface area contributed by atoms with Gasteiger partial charge in [-0.3, -0.25) is 0 Å². The molecule has 0 fully saturated rings. The smallest absolute Gasteiger partial charge is 0.137 e. The quantitative estimate of drug-likeness (QED) is 0.786. The van der Waals surface area contributed by atoms with Gasteiger partial charge in [-0.1, -0.05) is 29.8 Å². The van der Waals surface area contributed by atoms with Gasteiger partial charge in [0.2, 0.25) is 0 Å². The highest BCUT2D eigenvalue weighted by Gasteiger charge is 2.11. The molecule has 0 spiro atoms.